The lowest BCUT2D eigenvalue weighted by molar-refractivity contribution is 0.355. The van der Waals surface area contributed by atoms with Gasteiger partial charge >= 0.3 is 0 Å². The first-order chi connectivity index (χ1) is 6.16. The number of hydrogen-bond acceptors (Lipinski definition) is 3. The summed E-state index contributed by atoms with van der Waals surface area (Å²) in [6.45, 7) is 1.96. The first-order valence-corrected chi connectivity index (χ1v) is 4.20. The number of allylic oxidation sites excluding steroid dienone is 3. The summed E-state index contributed by atoms with van der Waals surface area (Å²) in [5, 5.41) is 12.3. The maximum absolute atomic E-state index is 9.31. The van der Waals surface area contributed by atoms with Crippen molar-refractivity contribution < 1.29 is 5.11 Å². The van der Waals surface area contributed by atoms with Gasteiger partial charge in [-0.3, -0.25) is 0 Å². The van der Waals surface area contributed by atoms with Crippen molar-refractivity contribution in [3.8, 4) is 0 Å². The number of fused-ring (bicyclic) bond motifs is 1. The van der Waals surface area contributed by atoms with Gasteiger partial charge < -0.3 is 16.2 Å². The number of rotatable bonds is 0. The average Bonchev–Trinajstić information content (AvgIpc) is 2.06. The molecule has 3 nitrogen and oxygen atoms in total. The Morgan fingerprint density at radius 1 is 1.46 bits per heavy atom. The van der Waals surface area contributed by atoms with Crippen molar-refractivity contribution in [2.45, 2.75) is 13.0 Å². The molecule has 0 saturated heterocycles. The molecule has 0 spiro atoms. The van der Waals surface area contributed by atoms with Crippen LogP contribution in [-0.4, -0.2) is 11.1 Å². The summed E-state index contributed by atoms with van der Waals surface area (Å²) < 4.78 is 0. The maximum Gasteiger partial charge on any atom is 0.185 e. The van der Waals surface area contributed by atoms with Crippen molar-refractivity contribution in [2.75, 3.05) is 0 Å². The van der Waals surface area contributed by atoms with Gasteiger partial charge in [-0.25, -0.2) is 0 Å². The normalized spacial score (nSPS) is 26.1. The second-order valence-electron chi connectivity index (χ2n) is 3.29. The molecule has 1 aliphatic carbocycles. The summed E-state index contributed by atoms with van der Waals surface area (Å²) in [4.78, 5) is 0. The molecule has 0 amide bonds. The van der Waals surface area contributed by atoms with E-state index in [9.17, 15) is 5.11 Å². The Bertz CT molecular complexity index is 361. The van der Waals surface area contributed by atoms with E-state index >= 15 is 0 Å². The van der Waals surface area contributed by atoms with E-state index in [0.29, 0.717) is 0 Å². The molecule has 0 bridgehead atoms. The van der Waals surface area contributed by atoms with Crippen molar-refractivity contribution in [1.82, 2.24) is 5.32 Å². The number of nitrogens with two attached hydrogens (primary N) is 1. The fraction of sp³-hybridized carbons (Fsp3) is 0.200. The smallest absolute Gasteiger partial charge is 0.185 e. The first-order valence-electron chi connectivity index (χ1n) is 4.20. The third kappa shape index (κ3) is 1.33. The van der Waals surface area contributed by atoms with Crippen LogP contribution in [0.5, 0.6) is 0 Å². The van der Waals surface area contributed by atoms with Gasteiger partial charge in [-0.1, -0.05) is 6.08 Å². The van der Waals surface area contributed by atoms with Gasteiger partial charge in [-0.05, 0) is 30.2 Å². The van der Waals surface area contributed by atoms with Gasteiger partial charge in [0.25, 0.3) is 0 Å². The van der Waals surface area contributed by atoms with Crippen LogP contribution in [0.2, 0.25) is 0 Å². The van der Waals surface area contributed by atoms with Gasteiger partial charge in [-0.15, -0.1) is 0 Å². The standard InChI is InChI=1S/C10H12N2O/c1-6-4-10(13)12-9-3-2-7(11)5-8(6)9/h2-5,9,12-13H,11H2,1H3. The molecule has 0 aromatic heterocycles. The van der Waals surface area contributed by atoms with Crippen LogP contribution in [0, 0.1) is 0 Å². The van der Waals surface area contributed by atoms with E-state index in [2.05, 4.69) is 5.32 Å². The Labute approximate surface area is 76.9 Å². The maximum atomic E-state index is 9.31. The molecule has 68 valence electrons. The number of dihydropyridines is 1. The summed E-state index contributed by atoms with van der Waals surface area (Å²) in [5.74, 6) is 0.213. The van der Waals surface area contributed by atoms with Crippen molar-refractivity contribution in [1.29, 1.82) is 0 Å². The zero-order valence-electron chi connectivity index (χ0n) is 7.41. The molecule has 1 heterocycles. The summed E-state index contributed by atoms with van der Waals surface area (Å²) in [6.07, 6.45) is 7.41. The quantitative estimate of drug-likeness (QED) is 0.517. The van der Waals surface area contributed by atoms with Gasteiger partial charge in [0.2, 0.25) is 0 Å². The van der Waals surface area contributed by atoms with Crippen molar-refractivity contribution in [3.63, 3.8) is 0 Å². The number of nitrogens with one attached hydrogen (secondary N) is 1. The molecule has 1 unspecified atom stereocenters. The van der Waals surface area contributed by atoms with Crippen LogP contribution in [0.1, 0.15) is 6.92 Å². The van der Waals surface area contributed by atoms with Crippen molar-refractivity contribution >= 4 is 0 Å². The van der Waals surface area contributed by atoms with E-state index < -0.39 is 0 Å². The third-order valence-electron chi connectivity index (χ3n) is 2.25. The van der Waals surface area contributed by atoms with Crippen molar-refractivity contribution in [3.05, 3.63) is 47.0 Å². The predicted molar refractivity (Wildman–Crippen MR) is 51.7 cm³/mol. The zero-order valence-corrected chi connectivity index (χ0v) is 7.41. The van der Waals surface area contributed by atoms with Gasteiger partial charge in [-0.2, -0.15) is 0 Å². The van der Waals surface area contributed by atoms with Crippen LogP contribution in [0.15, 0.2) is 47.0 Å². The molecular formula is C10H12N2O. The molecule has 2 rings (SSSR count). The summed E-state index contributed by atoms with van der Waals surface area (Å²) in [6, 6.07) is 0.0669. The summed E-state index contributed by atoms with van der Waals surface area (Å²) in [7, 11) is 0. The van der Waals surface area contributed by atoms with Gasteiger partial charge in [0.05, 0.1) is 6.04 Å². The summed E-state index contributed by atoms with van der Waals surface area (Å²) in [5.41, 5.74) is 8.59. The number of aliphatic hydroxyl groups excluding tert-OH is 1. The highest BCUT2D eigenvalue weighted by Gasteiger charge is 2.19. The zero-order chi connectivity index (χ0) is 9.42. The van der Waals surface area contributed by atoms with Gasteiger partial charge in [0, 0.05) is 11.8 Å². The van der Waals surface area contributed by atoms with E-state index in [1.807, 2.05) is 25.2 Å². The van der Waals surface area contributed by atoms with Gasteiger partial charge in [0.15, 0.2) is 5.88 Å². The molecular weight excluding hydrogens is 164 g/mol. The van der Waals surface area contributed by atoms with Crippen LogP contribution in [0.4, 0.5) is 0 Å². The molecule has 2 aliphatic rings. The molecule has 0 aromatic carbocycles. The molecule has 0 saturated carbocycles. The van der Waals surface area contributed by atoms with Crippen LogP contribution in [0.25, 0.3) is 0 Å². The van der Waals surface area contributed by atoms with Crippen LogP contribution in [-0.2, 0) is 0 Å². The number of hydrogen-bond donors (Lipinski definition) is 3. The monoisotopic (exact) mass is 176 g/mol. The molecule has 4 N–H and O–H groups in total. The highest BCUT2D eigenvalue weighted by Crippen LogP contribution is 2.23. The minimum atomic E-state index is 0.0669. The Morgan fingerprint density at radius 3 is 3.00 bits per heavy atom. The fourth-order valence-corrected chi connectivity index (χ4v) is 1.60. The largest absolute Gasteiger partial charge is 0.495 e. The van der Waals surface area contributed by atoms with Crippen molar-refractivity contribution in [2.24, 2.45) is 5.73 Å². The second-order valence-corrected chi connectivity index (χ2v) is 3.29. The van der Waals surface area contributed by atoms with E-state index in [4.69, 9.17) is 5.73 Å². The van der Waals surface area contributed by atoms with E-state index in [1.54, 1.807) is 6.08 Å². The number of aliphatic hydroxyl groups is 1. The molecule has 0 radical (unpaired) electrons. The summed E-state index contributed by atoms with van der Waals surface area (Å²) >= 11 is 0. The van der Waals surface area contributed by atoms with Crippen LogP contribution < -0.4 is 11.1 Å². The van der Waals surface area contributed by atoms with Crippen LogP contribution >= 0.6 is 0 Å². The molecule has 3 heteroatoms. The predicted octanol–water partition coefficient (Wildman–Crippen LogP) is 1.09. The van der Waals surface area contributed by atoms with Crippen LogP contribution in [0.3, 0.4) is 0 Å². The Hall–Kier alpha value is -1.64. The Morgan fingerprint density at radius 2 is 2.23 bits per heavy atom. The average molecular weight is 176 g/mol. The lowest BCUT2D eigenvalue weighted by atomic mass is 9.93. The van der Waals surface area contributed by atoms with E-state index in [-0.39, 0.29) is 11.9 Å². The Balaban J connectivity index is 2.46. The topological polar surface area (TPSA) is 58.3 Å². The third-order valence-corrected chi connectivity index (χ3v) is 2.25. The highest BCUT2D eigenvalue weighted by atomic mass is 16.3. The minimum Gasteiger partial charge on any atom is -0.495 e. The Kier molecular flexibility index (Phi) is 1.65. The molecule has 1 atom stereocenters. The minimum absolute atomic E-state index is 0.0669. The highest BCUT2D eigenvalue weighted by molar-refractivity contribution is 5.48. The lowest BCUT2D eigenvalue weighted by Gasteiger charge is -2.25. The van der Waals surface area contributed by atoms with Gasteiger partial charge in [0.1, 0.15) is 0 Å². The van der Waals surface area contributed by atoms with E-state index in [0.717, 1.165) is 16.8 Å². The SMILES string of the molecule is CC1=C2C=C(N)C=CC2NC(O)=C1. The molecule has 13 heavy (non-hydrogen) atoms. The molecule has 0 fully saturated rings. The first kappa shape index (κ1) is 7.98. The second kappa shape index (κ2) is 2.69. The molecule has 1 aliphatic heterocycles. The van der Waals surface area contributed by atoms with E-state index in [1.165, 1.54) is 0 Å². The lowest BCUT2D eigenvalue weighted by Crippen LogP contribution is -2.33. The fourth-order valence-electron chi connectivity index (χ4n) is 1.60. The molecule has 0 aromatic rings.